The Balaban J connectivity index is 1.98. The van der Waals surface area contributed by atoms with Gasteiger partial charge in [0.2, 0.25) is 5.95 Å². The van der Waals surface area contributed by atoms with Crippen LogP contribution < -0.4 is 15.5 Å². The number of ether oxygens (including phenoxy) is 2. The van der Waals surface area contributed by atoms with Gasteiger partial charge in [-0.05, 0) is 57.9 Å². The molecule has 31 heavy (non-hydrogen) atoms. The molecule has 0 spiro atoms. The van der Waals surface area contributed by atoms with E-state index in [0.717, 1.165) is 30.0 Å². The molecule has 3 rings (SSSR count). The summed E-state index contributed by atoms with van der Waals surface area (Å²) in [6.45, 7) is 9.19. The minimum absolute atomic E-state index is 0.198. The quantitative estimate of drug-likeness (QED) is 0.746. The molecule has 0 bridgehead atoms. The van der Waals surface area contributed by atoms with E-state index in [4.69, 9.17) is 26.8 Å². The van der Waals surface area contributed by atoms with Crippen molar-refractivity contribution >= 4 is 35.1 Å². The Morgan fingerprint density at radius 2 is 2.06 bits per heavy atom. The molecule has 1 aliphatic rings. The van der Waals surface area contributed by atoms with Crippen molar-refractivity contribution in [2.45, 2.75) is 45.8 Å². The molecule has 1 fully saturated rings. The Labute approximate surface area is 188 Å². The zero-order chi connectivity index (χ0) is 22.8. The molecule has 1 atom stereocenters. The Morgan fingerprint density at radius 1 is 1.32 bits per heavy atom. The summed E-state index contributed by atoms with van der Waals surface area (Å²) in [5.74, 6) is 0.950. The minimum atomic E-state index is -0.586. The summed E-state index contributed by atoms with van der Waals surface area (Å²) in [7, 11) is 1.68. The van der Waals surface area contributed by atoms with Crippen LogP contribution in [0.2, 0.25) is 5.02 Å². The highest BCUT2D eigenvalue weighted by atomic mass is 35.5. The van der Waals surface area contributed by atoms with E-state index in [-0.39, 0.29) is 12.0 Å². The number of hydrogen-bond acceptors (Lipinski definition) is 7. The van der Waals surface area contributed by atoms with E-state index in [1.165, 1.54) is 4.90 Å². The third-order valence-corrected chi connectivity index (χ3v) is 5.23. The van der Waals surface area contributed by atoms with Gasteiger partial charge < -0.3 is 20.1 Å². The minimum Gasteiger partial charge on any atom is -0.443 e. The Morgan fingerprint density at radius 3 is 2.74 bits per heavy atom. The number of amides is 1. The molecule has 0 aliphatic carbocycles. The Bertz CT molecular complexity index is 927. The maximum absolute atomic E-state index is 12.6. The van der Waals surface area contributed by atoms with Gasteiger partial charge in [-0.2, -0.15) is 4.98 Å². The lowest BCUT2D eigenvalue weighted by molar-refractivity contribution is 0.0589. The molecular formula is C22H30ClN5O3. The van der Waals surface area contributed by atoms with E-state index in [1.807, 2.05) is 39.8 Å². The maximum atomic E-state index is 12.6. The number of nitrogens with two attached hydrogens (primary N) is 1. The van der Waals surface area contributed by atoms with Crippen LogP contribution in [0.25, 0.3) is 0 Å². The highest BCUT2D eigenvalue weighted by Gasteiger charge is 2.28. The van der Waals surface area contributed by atoms with Crippen LogP contribution in [0, 0.1) is 6.92 Å². The number of aryl methyl sites for hydroxylation is 1. The molecule has 1 saturated heterocycles. The summed E-state index contributed by atoms with van der Waals surface area (Å²) in [4.78, 5) is 24.8. The lowest BCUT2D eigenvalue weighted by atomic mass is 10.0. The first-order valence-electron chi connectivity index (χ1n) is 10.3. The van der Waals surface area contributed by atoms with Crippen molar-refractivity contribution < 1.29 is 14.3 Å². The maximum Gasteiger partial charge on any atom is 0.414 e. The van der Waals surface area contributed by atoms with Crippen molar-refractivity contribution in [3.05, 3.63) is 40.5 Å². The smallest absolute Gasteiger partial charge is 0.414 e. The van der Waals surface area contributed by atoms with Crippen molar-refractivity contribution in [3.8, 4) is 0 Å². The van der Waals surface area contributed by atoms with Crippen LogP contribution in [-0.2, 0) is 9.47 Å². The number of rotatable bonds is 3. The molecule has 0 radical (unpaired) electrons. The summed E-state index contributed by atoms with van der Waals surface area (Å²) in [6.07, 6.45) is 0.406. The van der Waals surface area contributed by atoms with E-state index in [9.17, 15) is 4.79 Å². The summed E-state index contributed by atoms with van der Waals surface area (Å²) >= 11 is 6.61. The summed E-state index contributed by atoms with van der Waals surface area (Å²) in [5, 5.41) is 0.584. The van der Waals surface area contributed by atoms with E-state index >= 15 is 0 Å². The van der Waals surface area contributed by atoms with E-state index in [0.29, 0.717) is 23.9 Å². The van der Waals surface area contributed by atoms with Gasteiger partial charge in [-0.1, -0.05) is 11.6 Å². The molecular weight excluding hydrogens is 418 g/mol. The summed E-state index contributed by atoms with van der Waals surface area (Å²) in [6, 6.07) is 7.19. The predicted molar refractivity (Wildman–Crippen MR) is 123 cm³/mol. The number of benzene rings is 1. The van der Waals surface area contributed by atoms with Gasteiger partial charge in [0.25, 0.3) is 0 Å². The second kappa shape index (κ2) is 9.28. The molecule has 2 aromatic rings. The molecule has 1 aromatic heterocycles. The average Bonchev–Trinajstić information content (AvgIpc) is 2.91. The molecule has 1 aliphatic heterocycles. The van der Waals surface area contributed by atoms with E-state index < -0.39 is 11.7 Å². The first kappa shape index (κ1) is 23.1. The fourth-order valence-electron chi connectivity index (χ4n) is 3.46. The first-order valence-corrected chi connectivity index (χ1v) is 10.6. The number of nitrogens with zero attached hydrogens (tertiary/aromatic N) is 4. The molecule has 9 heteroatoms. The number of carbonyl (C=O) groups is 1. The van der Waals surface area contributed by atoms with Crippen molar-refractivity contribution in [2.75, 3.05) is 42.3 Å². The van der Waals surface area contributed by atoms with Gasteiger partial charge >= 0.3 is 6.09 Å². The topological polar surface area (TPSA) is 93.8 Å². The van der Waals surface area contributed by atoms with Crippen LogP contribution in [0.15, 0.2) is 24.3 Å². The third kappa shape index (κ3) is 5.77. The highest BCUT2D eigenvalue weighted by Crippen LogP contribution is 2.35. The molecule has 0 unspecified atom stereocenters. The standard InChI is InChI=1S/C22H30ClN5O3/c1-14-11-19(26-20(24)25-14)28-9-6-10-30-13-18(28)16-12-15(7-8-17(16)23)27(5)21(29)31-22(2,3)4/h7-8,11-12,18H,6,9-10,13H2,1-5H3,(H2,24,25,26)/t18-/m0/s1. The fraction of sp³-hybridized carbons (Fsp3) is 0.500. The lowest BCUT2D eigenvalue weighted by Crippen LogP contribution is -2.35. The second-order valence-corrected chi connectivity index (χ2v) is 9.02. The molecule has 1 aromatic carbocycles. The molecule has 0 saturated carbocycles. The number of aromatic nitrogens is 2. The molecule has 168 valence electrons. The van der Waals surface area contributed by atoms with Crippen molar-refractivity contribution in [1.82, 2.24) is 9.97 Å². The summed E-state index contributed by atoms with van der Waals surface area (Å²) < 4.78 is 11.4. The van der Waals surface area contributed by atoms with Crippen LogP contribution in [0.4, 0.5) is 22.2 Å². The number of carbonyl (C=O) groups excluding carboxylic acids is 1. The Kier molecular flexibility index (Phi) is 6.91. The average molecular weight is 448 g/mol. The number of hydrogen-bond donors (Lipinski definition) is 1. The van der Waals surface area contributed by atoms with Gasteiger partial charge in [-0.3, -0.25) is 4.90 Å². The Hall–Kier alpha value is -2.58. The van der Waals surface area contributed by atoms with Crippen LogP contribution in [-0.4, -0.2) is 48.5 Å². The summed E-state index contributed by atoms with van der Waals surface area (Å²) in [5.41, 5.74) is 7.62. The van der Waals surface area contributed by atoms with Crippen molar-refractivity contribution in [1.29, 1.82) is 0 Å². The number of anilines is 3. The lowest BCUT2D eigenvalue weighted by Gasteiger charge is -2.32. The van der Waals surface area contributed by atoms with Crippen molar-refractivity contribution in [2.24, 2.45) is 0 Å². The second-order valence-electron chi connectivity index (χ2n) is 8.61. The van der Waals surface area contributed by atoms with Gasteiger partial charge in [0.1, 0.15) is 11.4 Å². The third-order valence-electron chi connectivity index (χ3n) is 4.89. The molecule has 8 nitrogen and oxygen atoms in total. The van der Waals surface area contributed by atoms with Gasteiger partial charge in [-0.15, -0.1) is 0 Å². The molecule has 2 heterocycles. The first-order chi connectivity index (χ1) is 14.5. The SMILES string of the molecule is Cc1cc(N2CCCOC[C@H]2c2cc(N(C)C(=O)OC(C)(C)C)ccc2Cl)nc(N)n1. The van der Waals surface area contributed by atoms with E-state index in [2.05, 4.69) is 14.9 Å². The molecule has 2 N–H and O–H groups in total. The van der Waals surface area contributed by atoms with Gasteiger partial charge in [0.05, 0.1) is 12.6 Å². The van der Waals surface area contributed by atoms with Crippen LogP contribution in [0.5, 0.6) is 0 Å². The normalized spacial score (nSPS) is 17.2. The van der Waals surface area contributed by atoms with Gasteiger partial charge in [0.15, 0.2) is 0 Å². The zero-order valence-electron chi connectivity index (χ0n) is 18.7. The van der Waals surface area contributed by atoms with Gasteiger partial charge in [0, 0.05) is 42.7 Å². The van der Waals surface area contributed by atoms with E-state index in [1.54, 1.807) is 19.2 Å². The highest BCUT2D eigenvalue weighted by molar-refractivity contribution is 6.31. The number of nitrogen functional groups attached to an aromatic ring is 1. The van der Waals surface area contributed by atoms with Crippen LogP contribution >= 0.6 is 11.6 Å². The van der Waals surface area contributed by atoms with Crippen molar-refractivity contribution in [3.63, 3.8) is 0 Å². The number of halogens is 1. The van der Waals surface area contributed by atoms with Gasteiger partial charge in [-0.25, -0.2) is 9.78 Å². The predicted octanol–water partition coefficient (Wildman–Crippen LogP) is 4.36. The fourth-order valence-corrected chi connectivity index (χ4v) is 3.71. The van der Waals surface area contributed by atoms with Crippen LogP contribution in [0.3, 0.4) is 0 Å². The van der Waals surface area contributed by atoms with Crippen LogP contribution in [0.1, 0.15) is 44.5 Å². The molecule has 1 amide bonds. The zero-order valence-corrected chi connectivity index (χ0v) is 19.4. The largest absolute Gasteiger partial charge is 0.443 e. The monoisotopic (exact) mass is 447 g/mol.